The van der Waals surface area contributed by atoms with Gasteiger partial charge < -0.3 is 4.18 Å². The number of nitrogens with zero attached hydrogens (tertiary/aromatic N) is 3. The lowest BCUT2D eigenvalue weighted by Crippen LogP contribution is -2.05. The second-order valence-corrected chi connectivity index (χ2v) is 4.71. The summed E-state index contributed by atoms with van der Waals surface area (Å²) < 4.78 is 26.3. The van der Waals surface area contributed by atoms with Gasteiger partial charge in [-0.15, -0.1) is 0 Å². The summed E-state index contributed by atoms with van der Waals surface area (Å²) >= 11 is 0. The minimum Gasteiger partial charge on any atom is -0.383 e. The van der Waals surface area contributed by atoms with Crippen LogP contribution in [0.4, 0.5) is 0 Å². The summed E-state index contributed by atoms with van der Waals surface area (Å²) in [7, 11) is -3.48. The third-order valence-corrected chi connectivity index (χ3v) is 2.23. The Hall–Kier alpha value is -1.72. The van der Waals surface area contributed by atoms with Crippen LogP contribution in [0, 0.1) is 0 Å². The van der Waals surface area contributed by atoms with E-state index in [2.05, 4.69) is 14.2 Å². The SMILES string of the molecule is CS(=O)(=O)Oc1ccc(CCN=[N+]=[N-])cc1. The Morgan fingerprint density at radius 3 is 2.50 bits per heavy atom. The number of hydrogen-bond donors (Lipinski definition) is 0. The highest BCUT2D eigenvalue weighted by Crippen LogP contribution is 2.14. The van der Waals surface area contributed by atoms with E-state index >= 15 is 0 Å². The van der Waals surface area contributed by atoms with Gasteiger partial charge >= 0.3 is 10.1 Å². The van der Waals surface area contributed by atoms with Crippen LogP contribution in [-0.2, 0) is 16.5 Å². The summed E-state index contributed by atoms with van der Waals surface area (Å²) in [4.78, 5) is 2.64. The molecule has 0 aliphatic carbocycles. The van der Waals surface area contributed by atoms with Gasteiger partial charge in [-0.1, -0.05) is 17.2 Å². The molecule has 0 fully saturated rings. The summed E-state index contributed by atoms with van der Waals surface area (Å²) in [5.74, 6) is 0.273. The van der Waals surface area contributed by atoms with Crippen molar-refractivity contribution in [3.63, 3.8) is 0 Å². The van der Waals surface area contributed by atoms with E-state index in [1.807, 2.05) is 0 Å². The quantitative estimate of drug-likeness (QED) is 0.341. The van der Waals surface area contributed by atoms with Gasteiger partial charge in [-0.05, 0) is 29.6 Å². The lowest BCUT2D eigenvalue weighted by Gasteiger charge is -2.03. The molecule has 1 aromatic carbocycles. The number of azide groups is 1. The summed E-state index contributed by atoms with van der Waals surface area (Å²) in [6.07, 6.45) is 1.60. The Kier molecular flexibility index (Phi) is 4.16. The van der Waals surface area contributed by atoms with E-state index in [9.17, 15) is 8.42 Å². The molecule has 0 bridgehead atoms. The predicted octanol–water partition coefficient (Wildman–Crippen LogP) is 1.88. The van der Waals surface area contributed by atoms with Crippen molar-refractivity contribution in [2.24, 2.45) is 5.11 Å². The molecule has 0 heterocycles. The fourth-order valence-electron chi connectivity index (χ4n) is 1.11. The molecule has 0 saturated heterocycles. The molecule has 7 heteroatoms. The van der Waals surface area contributed by atoms with Gasteiger partial charge in [0.2, 0.25) is 0 Å². The molecule has 0 saturated carbocycles. The average molecular weight is 241 g/mol. The van der Waals surface area contributed by atoms with E-state index in [0.717, 1.165) is 11.8 Å². The normalized spacial score (nSPS) is 10.6. The van der Waals surface area contributed by atoms with Gasteiger partial charge in [-0.2, -0.15) is 8.42 Å². The molecule has 0 radical (unpaired) electrons. The van der Waals surface area contributed by atoms with Crippen molar-refractivity contribution in [2.75, 3.05) is 12.8 Å². The highest BCUT2D eigenvalue weighted by atomic mass is 32.2. The number of benzene rings is 1. The molecule has 0 atom stereocenters. The number of rotatable bonds is 5. The Bertz CT molecular complexity index is 489. The molecule has 16 heavy (non-hydrogen) atoms. The Balaban J connectivity index is 2.64. The molecular formula is C9H11N3O3S. The second-order valence-electron chi connectivity index (χ2n) is 3.14. The van der Waals surface area contributed by atoms with Crippen LogP contribution >= 0.6 is 0 Å². The first-order chi connectivity index (χ1) is 7.51. The lowest BCUT2D eigenvalue weighted by atomic mass is 10.1. The average Bonchev–Trinajstić information content (AvgIpc) is 2.19. The first kappa shape index (κ1) is 12.4. The van der Waals surface area contributed by atoms with Crippen LogP contribution in [0.2, 0.25) is 0 Å². The third kappa shape index (κ3) is 4.68. The van der Waals surface area contributed by atoms with Crippen LogP contribution in [0.15, 0.2) is 29.4 Å². The molecule has 0 N–H and O–H groups in total. The molecule has 0 aromatic heterocycles. The first-order valence-corrected chi connectivity index (χ1v) is 6.32. The van der Waals surface area contributed by atoms with Crippen LogP contribution in [0.25, 0.3) is 10.4 Å². The van der Waals surface area contributed by atoms with Crippen molar-refractivity contribution in [1.82, 2.24) is 0 Å². The fraction of sp³-hybridized carbons (Fsp3) is 0.333. The molecule has 0 aliphatic rings. The molecule has 1 rings (SSSR count). The van der Waals surface area contributed by atoms with E-state index in [1.54, 1.807) is 24.3 Å². The maximum Gasteiger partial charge on any atom is 0.306 e. The van der Waals surface area contributed by atoms with Gasteiger partial charge in [0.05, 0.1) is 6.26 Å². The molecule has 1 aromatic rings. The van der Waals surface area contributed by atoms with Crippen molar-refractivity contribution < 1.29 is 12.6 Å². The van der Waals surface area contributed by atoms with Crippen molar-refractivity contribution >= 4 is 10.1 Å². The van der Waals surface area contributed by atoms with Gasteiger partial charge in [-0.3, -0.25) is 0 Å². The monoisotopic (exact) mass is 241 g/mol. The topological polar surface area (TPSA) is 92.1 Å². The largest absolute Gasteiger partial charge is 0.383 e. The Morgan fingerprint density at radius 2 is 2.00 bits per heavy atom. The van der Waals surface area contributed by atoms with Crippen LogP contribution in [0.1, 0.15) is 5.56 Å². The van der Waals surface area contributed by atoms with Gasteiger partial charge in [0.15, 0.2) is 0 Å². The van der Waals surface area contributed by atoms with Gasteiger partial charge in [0, 0.05) is 11.5 Å². The first-order valence-electron chi connectivity index (χ1n) is 4.50. The smallest absolute Gasteiger partial charge is 0.306 e. The summed E-state index contributed by atoms with van der Waals surface area (Å²) in [5, 5.41) is 3.40. The zero-order chi connectivity index (χ0) is 12.0. The maximum atomic E-state index is 10.8. The summed E-state index contributed by atoms with van der Waals surface area (Å²) in [6, 6.07) is 6.58. The lowest BCUT2D eigenvalue weighted by molar-refractivity contribution is 0.493. The molecule has 0 unspecified atom stereocenters. The standard InChI is InChI=1S/C9H11N3O3S/c1-16(13,14)15-9-4-2-8(3-5-9)6-7-11-12-10/h2-5H,6-7H2,1H3. The summed E-state index contributed by atoms with van der Waals surface area (Å²) in [6.45, 7) is 0.378. The summed E-state index contributed by atoms with van der Waals surface area (Å²) in [5.41, 5.74) is 9.04. The van der Waals surface area contributed by atoms with Crippen molar-refractivity contribution in [2.45, 2.75) is 6.42 Å². The minimum absolute atomic E-state index is 0.273. The fourth-order valence-corrected chi connectivity index (χ4v) is 1.57. The molecule has 6 nitrogen and oxygen atoms in total. The van der Waals surface area contributed by atoms with E-state index in [1.165, 1.54) is 0 Å². The van der Waals surface area contributed by atoms with Crippen LogP contribution in [0.5, 0.6) is 5.75 Å². The van der Waals surface area contributed by atoms with E-state index in [0.29, 0.717) is 13.0 Å². The van der Waals surface area contributed by atoms with Crippen LogP contribution < -0.4 is 4.18 Å². The van der Waals surface area contributed by atoms with Gasteiger partial charge in [0.25, 0.3) is 0 Å². The minimum atomic E-state index is -3.48. The predicted molar refractivity (Wildman–Crippen MR) is 59.6 cm³/mol. The number of hydrogen-bond acceptors (Lipinski definition) is 4. The zero-order valence-corrected chi connectivity index (χ0v) is 9.51. The highest BCUT2D eigenvalue weighted by molar-refractivity contribution is 7.86. The van der Waals surface area contributed by atoms with E-state index < -0.39 is 10.1 Å². The molecule has 0 amide bonds. The molecule has 86 valence electrons. The highest BCUT2D eigenvalue weighted by Gasteiger charge is 2.03. The van der Waals surface area contributed by atoms with Crippen molar-refractivity contribution in [1.29, 1.82) is 0 Å². The molecular weight excluding hydrogens is 230 g/mol. The van der Waals surface area contributed by atoms with Gasteiger partial charge in [-0.25, -0.2) is 0 Å². The van der Waals surface area contributed by atoms with Crippen molar-refractivity contribution in [3.8, 4) is 5.75 Å². The zero-order valence-electron chi connectivity index (χ0n) is 8.70. The van der Waals surface area contributed by atoms with Crippen LogP contribution in [0.3, 0.4) is 0 Å². The van der Waals surface area contributed by atoms with E-state index in [-0.39, 0.29) is 5.75 Å². The maximum absolute atomic E-state index is 10.8. The van der Waals surface area contributed by atoms with Gasteiger partial charge in [0.1, 0.15) is 5.75 Å². The second kappa shape index (κ2) is 5.39. The van der Waals surface area contributed by atoms with Crippen LogP contribution in [-0.4, -0.2) is 21.2 Å². The third-order valence-electron chi connectivity index (χ3n) is 1.73. The van der Waals surface area contributed by atoms with E-state index in [4.69, 9.17) is 5.53 Å². The Labute approximate surface area is 93.6 Å². The molecule has 0 aliphatic heterocycles. The Morgan fingerprint density at radius 1 is 1.38 bits per heavy atom. The molecule has 0 spiro atoms. The van der Waals surface area contributed by atoms with Crippen molar-refractivity contribution in [3.05, 3.63) is 40.3 Å².